The lowest BCUT2D eigenvalue weighted by atomic mass is 9.48. The van der Waals surface area contributed by atoms with Crippen molar-refractivity contribution < 1.29 is 8.85 Å². The Kier molecular flexibility index (Phi) is 5.36. The van der Waals surface area contributed by atoms with E-state index in [0.717, 1.165) is 17.8 Å². The van der Waals surface area contributed by atoms with Crippen molar-refractivity contribution in [3.05, 3.63) is 23.5 Å². The van der Waals surface area contributed by atoms with Gasteiger partial charge < -0.3 is 8.85 Å². The topological polar surface area (TPSA) is 18.5 Å². The molecule has 3 fully saturated rings. The summed E-state index contributed by atoms with van der Waals surface area (Å²) in [5, 5.41) is 0. The molecular formula is C25H44O2Si2. The maximum absolute atomic E-state index is 6.75. The van der Waals surface area contributed by atoms with Crippen molar-refractivity contribution in [2.75, 3.05) is 0 Å². The summed E-state index contributed by atoms with van der Waals surface area (Å²) in [6.07, 6.45) is 14.6. The Balaban J connectivity index is 1.54. The smallest absolute Gasteiger partial charge is 0.242 e. The molecule has 0 radical (unpaired) electrons. The van der Waals surface area contributed by atoms with Gasteiger partial charge in [0, 0.05) is 0 Å². The quantitative estimate of drug-likeness (QED) is 0.428. The van der Waals surface area contributed by atoms with Gasteiger partial charge in [-0.05, 0) is 125 Å². The lowest BCUT2D eigenvalue weighted by Gasteiger charge is -2.58. The Hall–Kier alpha value is -0.326. The van der Waals surface area contributed by atoms with Crippen LogP contribution in [0.2, 0.25) is 39.3 Å². The van der Waals surface area contributed by atoms with E-state index in [1.54, 1.807) is 5.57 Å². The molecule has 3 unspecified atom stereocenters. The molecule has 0 saturated heterocycles. The zero-order valence-corrected chi connectivity index (χ0v) is 22.2. The molecule has 0 aromatic heterocycles. The second-order valence-electron chi connectivity index (χ2n) is 12.9. The van der Waals surface area contributed by atoms with Crippen LogP contribution in [0.25, 0.3) is 0 Å². The molecule has 0 spiro atoms. The molecule has 4 aliphatic rings. The molecule has 4 heteroatoms. The second kappa shape index (κ2) is 7.10. The molecule has 2 nitrogen and oxygen atoms in total. The predicted molar refractivity (Wildman–Crippen MR) is 128 cm³/mol. The Bertz CT molecular complexity index is 713. The zero-order chi connectivity index (χ0) is 21.2. The van der Waals surface area contributed by atoms with E-state index in [4.69, 9.17) is 8.85 Å². The fourth-order valence-electron chi connectivity index (χ4n) is 7.39. The van der Waals surface area contributed by atoms with Gasteiger partial charge in [-0.3, -0.25) is 0 Å². The summed E-state index contributed by atoms with van der Waals surface area (Å²) in [4.78, 5) is 0. The second-order valence-corrected chi connectivity index (χ2v) is 21.8. The van der Waals surface area contributed by atoms with Gasteiger partial charge in [0.2, 0.25) is 8.32 Å². The monoisotopic (exact) mass is 432 g/mol. The summed E-state index contributed by atoms with van der Waals surface area (Å²) < 4.78 is 13.1. The van der Waals surface area contributed by atoms with Crippen molar-refractivity contribution in [1.82, 2.24) is 0 Å². The summed E-state index contributed by atoms with van der Waals surface area (Å²) in [5.74, 6) is 3.76. The third-order valence-corrected chi connectivity index (χ3v) is 10.5. The van der Waals surface area contributed by atoms with Crippen LogP contribution in [-0.4, -0.2) is 22.7 Å². The van der Waals surface area contributed by atoms with Crippen molar-refractivity contribution in [3.63, 3.8) is 0 Å². The molecule has 0 amide bonds. The highest BCUT2D eigenvalue weighted by Crippen LogP contribution is 2.65. The molecule has 0 aromatic carbocycles. The van der Waals surface area contributed by atoms with Gasteiger partial charge in [0.05, 0.1) is 11.9 Å². The molecule has 0 aromatic rings. The molecule has 0 aliphatic heterocycles. The normalized spacial score (nSPS) is 42.3. The lowest BCUT2D eigenvalue weighted by molar-refractivity contribution is -0.0656. The first-order valence-electron chi connectivity index (χ1n) is 12.1. The Labute approximate surface area is 181 Å². The molecule has 6 atom stereocenters. The van der Waals surface area contributed by atoms with E-state index in [9.17, 15) is 0 Å². The van der Waals surface area contributed by atoms with Gasteiger partial charge in [0.1, 0.15) is 0 Å². The van der Waals surface area contributed by atoms with E-state index in [2.05, 4.69) is 65.3 Å². The summed E-state index contributed by atoms with van der Waals surface area (Å²) in [5.41, 5.74) is 2.45. The number of allylic oxidation sites excluding steroid dienone is 3. The van der Waals surface area contributed by atoms with Crippen LogP contribution < -0.4 is 0 Å². The van der Waals surface area contributed by atoms with Gasteiger partial charge in [-0.2, -0.15) is 0 Å². The maximum Gasteiger partial charge on any atom is 0.242 e. The standard InChI is InChI=1S/C25H44O2Si2/c1-24-15-13-19(26-28(3,4)5)17-18(24)9-10-20-21-11-12-23(27-29(6,7)8)25(21,2)16-14-22(20)24/h13,17,20-23H,9-12,14-16H2,1-8H3/t20?,21?,22?,23-,24+,25+/m1/s1. The van der Waals surface area contributed by atoms with E-state index in [0.29, 0.717) is 16.9 Å². The summed E-state index contributed by atoms with van der Waals surface area (Å²) in [7, 11) is -3.03. The highest BCUT2D eigenvalue weighted by molar-refractivity contribution is 6.70. The average Bonchev–Trinajstić information content (AvgIpc) is 2.89. The van der Waals surface area contributed by atoms with Crippen LogP contribution in [0.15, 0.2) is 23.5 Å². The lowest BCUT2D eigenvalue weighted by Crippen LogP contribution is -2.52. The number of fused-ring (bicyclic) bond motifs is 5. The minimum Gasteiger partial charge on any atom is -0.545 e. The molecule has 164 valence electrons. The summed E-state index contributed by atoms with van der Waals surface area (Å²) in [6, 6.07) is 0. The average molecular weight is 433 g/mol. The molecule has 29 heavy (non-hydrogen) atoms. The Morgan fingerprint density at radius 2 is 1.62 bits per heavy atom. The molecule has 4 aliphatic carbocycles. The number of rotatable bonds is 4. The van der Waals surface area contributed by atoms with Crippen molar-refractivity contribution in [1.29, 1.82) is 0 Å². The van der Waals surface area contributed by atoms with Crippen molar-refractivity contribution in [2.24, 2.45) is 28.6 Å². The maximum atomic E-state index is 6.75. The number of hydrogen-bond acceptors (Lipinski definition) is 2. The largest absolute Gasteiger partial charge is 0.545 e. The first-order chi connectivity index (χ1) is 13.3. The van der Waals surface area contributed by atoms with Crippen LogP contribution in [0.4, 0.5) is 0 Å². The Morgan fingerprint density at radius 3 is 2.28 bits per heavy atom. The molecule has 0 N–H and O–H groups in total. The van der Waals surface area contributed by atoms with E-state index in [1.807, 2.05) is 0 Å². The van der Waals surface area contributed by atoms with Crippen LogP contribution in [0.1, 0.15) is 58.8 Å². The van der Waals surface area contributed by atoms with Crippen molar-refractivity contribution >= 4 is 16.6 Å². The van der Waals surface area contributed by atoms with E-state index in [-0.39, 0.29) is 0 Å². The van der Waals surface area contributed by atoms with Crippen LogP contribution in [0, 0.1) is 28.6 Å². The van der Waals surface area contributed by atoms with Gasteiger partial charge in [0.15, 0.2) is 8.32 Å². The van der Waals surface area contributed by atoms with Gasteiger partial charge in [0.25, 0.3) is 0 Å². The summed E-state index contributed by atoms with van der Waals surface area (Å²) >= 11 is 0. The highest BCUT2D eigenvalue weighted by atomic mass is 28.4. The molecule has 0 bridgehead atoms. The van der Waals surface area contributed by atoms with E-state index >= 15 is 0 Å². The molecule has 0 heterocycles. The Morgan fingerprint density at radius 1 is 0.897 bits per heavy atom. The highest BCUT2D eigenvalue weighted by Gasteiger charge is 2.59. The van der Waals surface area contributed by atoms with Crippen LogP contribution in [0.5, 0.6) is 0 Å². The van der Waals surface area contributed by atoms with Gasteiger partial charge in [-0.15, -0.1) is 0 Å². The first-order valence-corrected chi connectivity index (χ1v) is 18.9. The van der Waals surface area contributed by atoms with E-state index in [1.165, 1.54) is 50.7 Å². The molecule has 3 saturated carbocycles. The minimum absolute atomic E-state index is 0.355. The van der Waals surface area contributed by atoms with Crippen LogP contribution in [-0.2, 0) is 8.85 Å². The minimum atomic E-state index is -1.54. The van der Waals surface area contributed by atoms with Gasteiger partial charge >= 0.3 is 0 Å². The van der Waals surface area contributed by atoms with Crippen molar-refractivity contribution in [2.45, 2.75) is 104 Å². The zero-order valence-electron chi connectivity index (χ0n) is 20.2. The van der Waals surface area contributed by atoms with Gasteiger partial charge in [-0.1, -0.05) is 19.4 Å². The SMILES string of the molecule is C[C@]12CC=C(O[Si](C)(C)C)C=C1CCC1C2CC[C@@]2(C)C1CC[C@H]2O[Si](C)(C)C. The molecular weight excluding hydrogens is 388 g/mol. The van der Waals surface area contributed by atoms with Crippen LogP contribution in [0.3, 0.4) is 0 Å². The third-order valence-electron chi connectivity index (χ3n) is 8.61. The van der Waals surface area contributed by atoms with Gasteiger partial charge in [-0.25, -0.2) is 0 Å². The fraction of sp³-hybridized carbons (Fsp3) is 0.840. The predicted octanol–water partition coefficient (Wildman–Crippen LogP) is 7.51. The summed E-state index contributed by atoms with van der Waals surface area (Å²) in [6.45, 7) is 19.1. The van der Waals surface area contributed by atoms with E-state index < -0.39 is 16.6 Å². The molecule has 4 rings (SSSR count). The third kappa shape index (κ3) is 3.98. The number of hydrogen-bond donors (Lipinski definition) is 0. The fourth-order valence-corrected chi connectivity index (χ4v) is 9.48. The first kappa shape index (κ1) is 21.9. The van der Waals surface area contributed by atoms with Crippen LogP contribution >= 0.6 is 0 Å². The van der Waals surface area contributed by atoms with Crippen molar-refractivity contribution in [3.8, 4) is 0 Å².